The Bertz CT molecular complexity index is 1080. The summed E-state index contributed by atoms with van der Waals surface area (Å²) < 4.78 is 6.16. The van der Waals surface area contributed by atoms with Gasteiger partial charge in [-0.2, -0.15) is 0 Å². The molecule has 1 unspecified atom stereocenters. The van der Waals surface area contributed by atoms with Gasteiger partial charge in [-0.25, -0.2) is 0 Å². The first-order chi connectivity index (χ1) is 17.3. The van der Waals surface area contributed by atoms with E-state index >= 15 is 0 Å². The summed E-state index contributed by atoms with van der Waals surface area (Å²) in [4.78, 5) is 15.1. The van der Waals surface area contributed by atoms with E-state index in [-0.39, 0.29) is 24.4 Å². The maximum Gasteiger partial charge on any atom is 0.226 e. The number of aliphatic hydroxyl groups is 2. The highest BCUT2D eigenvalue weighted by Crippen LogP contribution is 2.43. The maximum atomic E-state index is 13.3. The van der Waals surface area contributed by atoms with Crippen LogP contribution >= 0.6 is 11.6 Å². The minimum absolute atomic E-state index is 0.0386. The topological polar surface area (TPSA) is 96.0 Å². The molecule has 1 saturated carbocycles. The minimum Gasteiger partial charge on any atom is -0.391 e. The zero-order valence-electron chi connectivity index (χ0n) is 20.9. The summed E-state index contributed by atoms with van der Waals surface area (Å²) in [5, 5.41) is 23.0. The fraction of sp³-hybridized carbons (Fsp3) is 0.483. The first kappa shape index (κ1) is 26.8. The van der Waals surface area contributed by atoms with E-state index in [1.165, 1.54) is 5.56 Å². The van der Waals surface area contributed by atoms with Crippen molar-refractivity contribution in [3.63, 3.8) is 0 Å². The molecule has 2 fully saturated rings. The van der Waals surface area contributed by atoms with Gasteiger partial charge in [-0.05, 0) is 54.9 Å². The number of halogens is 1. The summed E-state index contributed by atoms with van der Waals surface area (Å²) in [5.74, 6) is -0.350. The van der Waals surface area contributed by atoms with Crippen LogP contribution in [0.4, 0.5) is 0 Å². The Morgan fingerprint density at radius 3 is 2.78 bits per heavy atom. The van der Waals surface area contributed by atoms with Crippen LogP contribution in [0.25, 0.3) is 11.1 Å². The first-order valence-corrected chi connectivity index (χ1v) is 13.2. The number of carbonyl (C=O) groups excluding carboxylic acids is 1. The van der Waals surface area contributed by atoms with Crippen LogP contribution < -0.4 is 5.73 Å². The second kappa shape index (κ2) is 11.4. The molecule has 5 atom stereocenters. The third-order valence-electron chi connectivity index (χ3n) is 7.67. The molecule has 1 amide bonds. The third kappa shape index (κ3) is 5.38. The molecule has 0 spiro atoms. The van der Waals surface area contributed by atoms with Gasteiger partial charge in [0.1, 0.15) is 11.7 Å². The van der Waals surface area contributed by atoms with E-state index in [1.54, 1.807) is 11.0 Å². The van der Waals surface area contributed by atoms with Crippen LogP contribution in [-0.4, -0.2) is 59.0 Å². The number of rotatable bonds is 8. The molecule has 6 nitrogen and oxygen atoms in total. The van der Waals surface area contributed by atoms with Crippen molar-refractivity contribution in [2.24, 2.45) is 11.7 Å². The van der Waals surface area contributed by atoms with Crippen LogP contribution in [0.1, 0.15) is 43.7 Å². The number of allylic oxidation sites excluding steroid dienone is 1. The molecular formula is C29H37ClN2O4. The zero-order chi connectivity index (χ0) is 25.9. The van der Waals surface area contributed by atoms with E-state index in [9.17, 15) is 15.0 Å². The Hall–Kier alpha value is -2.22. The Morgan fingerprint density at radius 1 is 1.31 bits per heavy atom. The molecule has 1 aliphatic heterocycles. The number of benzene rings is 2. The number of amides is 1. The minimum atomic E-state index is -1.40. The van der Waals surface area contributed by atoms with Gasteiger partial charge in [-0.1, -0.05) is 61.0 Å². The first-order valence-electron chi connectivity index (χ1n) is 12.8. The van der Waals surface area contributed by atoms with Crippen molar-refractivity contribution in [1.82, 2.24) is 4.90 Å². The van der Waals surface area contributed by atoms with Gasteiger partial charge in [0.05, 0.1) is 19.3 Å². The quantitative estimate of drug-likeness (QED) is 0.464. The summed E-state index contributed by atoms with van der Waals surface area (Å²) >= 11 is 6.76. The van der Waals surface area contributed by atoms with Crippen LogP contribution in [0, 0.1) is 5.92 Å². The SMILES string of the molecule is C=CCC[C@@](O)(c1cccc(Cl)c1-c1cccc(CC)c1)[C@H]1CN(C(=O)C2C[C@@H](N)[C@@H](O)C2)CCO1. The molecule has 1 aliphatic carbocycles. The van der Waals surface area contributed by atoms with Crippen molar-refractivity contribution in [1.29, 1.82) is 0 Å². The second-order valence-corrected chi connectivity index (χ2v) is 10.4. The average molecular weight is 513 g/mol. The van der Waals surface area contributed by atoms with Gasteiger partial charge in [0.25, 0.3) is 0 Å². The number of morpholine rings is 1. The summed E-state index contributed by atoms with van der Waals surface area (Å²) in [5.41, 5.74) is 8.13. The largest absolute Gasteiger partial charge is 0.391 e. The van der Waals surface area contributed by atoms with Crippen molar-refractivity contribution in [2.75, 3.05) is 19.7 Å². The lowest BCUT2D eigenvalue weighted by atomic mass is 9.79. The second-order valence-electron chi connectivity index (χ2n) is 10.0. The molecule has 2 aromatic carbocycles. The molecule has 0 bridgehead atoms. The van der Waals surface area contributed by atoms with Gasteiger partial charge in [0, 0.05) is 29.1 Å². The molecular weight excluding hydrogens is 476 g/mol. The Balaban J connectivity index is 1.70. The number of carbonyl (C=O) groups is 1. The lowest BCUT2D eigenvalue weighted by Gasteiger charge is -2.43. The molecule has 0 aromatic heterocycles. The molecule has 0 radical (unpaired) electrons. The van der Waals surface area contributed by atoms with Gasteiger partial charge in [0.2, 0.25) is 5.91 Å². The van der Waals surface area contributed by atoms with Gasteiger partial charge < -0.3 is 25.6 Å². The molecule has 2 aromatic rings. The predicted octanol–water partition coefficient (Wildman–Crippen LogP) is 4.05. The monoisotopic (exact) mass is 512 g/mol. The highest BCUT2D eigenvalue weighted by atomic mass is 35.5. The summed E-state index contributed by atoms with van der Waals surface area (Å²) in [7, 11) is 0. The van der Waals surface area contributed by atoms with E-state index in [0.717, 1.165) is 17.5 Å². The molecule has 4 rings (SSSR count). The van der Waals surface area contributed by atoms with E-state index in [4.69, 9.17) is 22.1 Å². The fourth-order valence-electron chi connectivity index (χ4n) is 5.56. The number of hydrogen-bond acceptors (Lipinski definition) is 5. The highest BCUT2D eigenvalue weighted by Gasteiger charge is 2.45. The predicted molar refractivity (Wildman–Crippen MR) is 143 cm³/mol. The van der Waals surface area contributed by atoms with Crippen molar-refractivity contribution in [3.05, 3.63) is 71.3 Å². The summed E-state index contributed by atoms with van der Waals surface area (Å²) in [6.45, 7) is 6.96. The van der Waals surface area contributed by atoms with Crippen molar-refractivity contribution in [2.45, 2.75) is 62.9 Å². The highest BCUT2D eigenvalue weighted by molar-refractivity contribution is 6.33. The number of aliphatic hydroxyl groups excluding tert-OH is 1. The number of hydrogen-bond donors (Lipinski definition) is 3. The van der Waals surface area contributed by atoms with Gasteiger partial charge >= 0.3 is 0 Å². The van der Waals surface area contributed by atoms with E-state index in [2.05, 4.69) is 25.6 Å². The fourth-order valence-corrected chi connectivity index (χ4v) is 5.85. The third-order valence-corrected chi connectivity index (χ3v) is 7.99. The standard InChI is InChI=1S/C29H37ClN2O4/c1-3-5-12-29(35,22-10-7-11-23(30)27(22)20-9-6-8-19(4-2)15-20)26-18-32(13-14-36-26)28(34)21-16-24(31)25(33)17-21/h3,6-11,15,21,24-26,33,35H,1,4-5,12-14,16-18,31H2,2H3/t21?,24-,25+,26-,29-/m1/s1. The molecule has 4 N–H and O–H groups in total. The van der Waals surface area contributed by atoms with E-state index < -0.39 is 17.8 Å². The van der Waals surface area contributed by atoms with Crippen LogP contribution in [0.15, 0.2) is 55.1 Å². The molecule has 194 valence electrons. The van der Waals surface area contributed by atoms with Gasteiger partial charge in [0.15, 0.2) is 0 Å². The zero-order valence-corrected chi connectivity index (χ0v) is 21.7. The number of nitrogens with two attached hydrogens (primary N) is 1. The number of nitrogens with zero attached hydrogens (tertiary/aromatic N) is 1. The van der Waals surface area contributed by atoms with Crippen molar-refractivity contribution >= 4 is 17.5 Å². The van der Waals surface area contributed by atoms with Gasteiger partial charge in [-0.3, -0.25) is 4.79 Å². The summed E-state index contributed by atoms with van der Waals surface area (Å²) in [6.07, 6.45) is 3.13. The Kier molecular flexibility index (Phi) is 8.53. The average Bonchev–Trinajstić information content (AvgIpc) is 3.24. The van der Waals surface area contributed by atoms with Crippen molar-refractivity contribution < 1.29 is 19.7 Å². The lowest BCUT2D eigenvalue weighted by molar-refractivity contribution is -0.167. The van der Waals surface area contributed by atoms with E-state index in [1.807, 2.05) is 30.3 Å². The normalized spacial score (nSPS) is 26.0. The number of ether oxygens (including phenoxy) is 1. The van der Waals surface area contributed by atoms with Gasteiger partial charge in [-0.15, -0.1) is 6.58 Å². The van der Waals surface area contributed by atoms with E-state index in [0.29, 0.717) is 49.4 Å². The molecule has 1 saturated heterocycles. The smallest absolute Gasteiger partial charge is 0.226 e. The molecule has 7 heteroatoms. The van der Waals surface area contributed by atoms with Crippen molar-refractivity contribution in [3.8, 4) is 11.1 Å². The summed E-state index contributed by atoms with van der Waals surface area (Å²) in [6, 6.07) is 13.4. The van der Waals surface area contributed by atoms with Crippen LogP contribution in [0.3, 0.4) is 0 Å². The molecule has 36 heavy (non-hydrogen) atoms. The lowest BCUT2D eigenvalue weighted by Crippen LogP contribution is -2.55. The Morgan fingerprint density at radius 2 is 2.08 bits per heavy atom. The molecule has 1 heterocycles. The molecule has 2 aliphatic rings. The maximum absolute atomic E-state index is 13.3. The Labute approximate surface area is 218 Å². The van der Waals surface area contributed by atoms with Crippen LogP contribution in [0.5, 0.6) is 0 Å². The van der Waals surface area contributed by atoms with Crippen LogP contribution in [0.2, 0.25) is 5.02 Å². The van der Waals surface area contributed by atoms with Crippen LogP contribution in [-0.2, 0) is 21.6 Å². The number of aryl methyl sites for hydroxylation is 1.